The molecule has 25 heavy (non-hydrogen) atoms. The fraction of sp³-hybridized carbons (Fsp3) is 0.684. The molecular formula is C19H30N4O2. The molecule has 6 heteroatoms. The summed E-state index contributed by atoms with van der Waals surface area (Å²) in [4.78, 5) is 20.5. The van der Waals surface area contributed by atoms with Crippen LogP contribution in [0.5, 0.6) is 0 Å². The number of piperidine rings is 1. The molecule has 1 aromatic rings. The zero-order chi connectivity index (χ0) is 17.6. The summed E-state index contributed by atoms with van der Waals surface area (Å²) >= 11 is 0. The van der Waals surface area contributed by atoms with Gasteiger partial charge in [0.05, 0.1) is 6.10 Å². The number of pyridine rings is 1. The van der Waals surface area contributed by atoms with Crippen molar-refractivity contribution in [2.45, 2.75) is 38.7 Å². The molecule has 138 valence electrons. The van der Waals surface area contributed by atoms with Crippen molar-refractivity contribution in [3.8, 4) is 0 Å². The largest absolute Gasteiger partial charge is 0.393 e. The molecule has 0 saturated carbocycles. The summed E-state index contributed by atoms with van der Waals surface area (Å²) in [6.45, 7) is 6.13. The fourth-order valence-electron chi connectivity index (χ4n) is 3.90. The number of urea groups is 1. The second-order valence-corrected chi connectivity index (χ2v) is 7.39. The molecule has 2 aliphatic rings. The van der Waals surface area contributed by atoms with Gasteiger partial charge >= 0.3 is 6.03 Å². The zero-order valence-corrected chi connectivity index (χ0v) is 15.1. The highest BCUT2D eigenvalue weighted by molar-refractivity contribution is 5.74. The van der Waals surface area contributed by atoms with E-state index < -0.39 is 0 Å². The van der Waals surface area contributed by atoms with Crippen LogP contribution in [0.25, 0.3) is 0 Å². The Morgan fingerprint density at radius 2 is 2.00 bits per heavy atom. The van der Waals surface area contributed by atoms with Gasteiger partial charge in [-0.05, 0) is 50.7 Å². The number of aliphatic hydroxyl groups is 1. The van der Waals surface area contributed by atoms with Gasteiger partial charge in [0.2, 0.25) is 0 Å². The summed E-state index contributed by atoms with van der Waals surface area (Å²) in [6, 6.07) is 4.16. The van der Waals surface area contributed by atoms with Gasteiger partial charge < -0.3 is 20.2 Å². The molecule has 3 rings (SSSR count). The van der Waals surface area contributed by atoms with Gasteiger partial charge in [0.25, 0.3) is 0 Å². The zero-order valence-electron chi connectivity index (χ0n) is 15.1. The summed E-state index contributed by atoms with van der Waals surface area (Å²) in [5.74, 6) is 0.908. The Morgan fingerprint density at radius 1 is 1.28 bits per heavy atom. The van der Waals surface area contributed by atoms with Gasteiger partial charge in [0.1, 0.15) is 0 Å². The maximum Gasteiger partial charge on any atom is 0.317 e. The van der Waals surface area contributed by atoms with E-state index >= 15 is 0 Å². The molecule has 3 heterocycles. The summed E-state index contributed by atoms with van der Waals surface area (Å²) in [5, 5.41) is 12.7. The maximum absolute atomic E-state index is 12.2. The topological polar surface area (TPSA) is 68.7 Å². The first kappa shape index (κ1) is 18.0. The normalized spacial score (nSPS) is 22.9. The fourth-order valence-corrected chi connectivity index (χ4v) is 3.90. The van der Waals surface area contributed by atoms with Crippen LogP contribution in [-0.2, 0) is 0 Å². The number of nitrogens with zero attached hydrogens (tertiary/aromatic N) is 3. The Balaban J connectivity index is 1.33. The van der Waals surface area contributed by atoms with Crippen LogP contribution in [0.2, 0.25) is 0 Å². The molecule has 0 aromatic carbocycles. The van der Waals surface area contributed by atoms with E-state index in [9.17, 15) is 9.90 Å². The highest BCUT2D eigenvalue weighted by Gasteiger charge is 2.29. The molecule has 0 radical (unpaired) electrons. The van der Waals surface area contributed by atoms with Gasteiger partial charge in [-0.2, -0.15) is 0 Å². The quantitative estimate of drug-likeness (QED) is 0.857. The van der Waals surface area contributed by atoms with Crippen LogP contribution < -0.4 is 10.2 Å². The van der Waals surface area contributed by atoms with Crippen molar-refractivity contribution in [3.63, 3.8) is 0 Å². The predicted molar refractivity (Wildman–Crippen MR) is 98.6 cm³/mol. The van der Waals surface area contributed by atoms with Crippen LogP contribution in [0.1, 0.15) is 32.6 Å². The molecular weight excluding hydrogens is 316 g/mol. The average Bonchev–Trinajstić information content (AvgIpc) is 3.14. The van der Waals surface area contributed by atoms with E-state index in [2.05, 4.69) is 27.3 Å². The summed E-state index contributed by atoms with van der Waals surface area (Å²) in [5.41, 5.74) is 1.25. The molecule has 0 bridgehead atoms. The van der Waals surface area contributed by atoms with Crippen molar-refractivity contribution >= 4 is 11.7 Å². The Morgan fingerprint density at radius 3 is 2.64 bits per heavy atom. The molecule has 2 unspecified atom stereocenters. The number of amides is 2. The van der Waals surface area contributed by atoms with E-state index in [1.807, 2.05) is 24.2 Å². The SMILES string of the molecule is CC(O)C1CCN(C(=O)NCCC2CCN(c3ccncc3)CC2)C1. The van der Waals surface area contributed by atoms with Gasteiger partial charge in [0.15, 0.2) is 0 Å². The molecule has 0 spiro atoms. The molecule has 1 aromatic heterocycles. The van der Waals surface area contributed by atoms with Crippen LogP contribution in [0.4, 0.5) is 10.5 Å². The first-order valence-electron chi connectivity index (χ1n) is 9.49. The number of rotatable bonds is 5. The highest BCUT2D eigenvalue weighted by atomic mass is 16.3. The van der Waals surface area contributed by atoms with Crippen molar-refractivity contribution in [1.29, 1.82) is 0 Å². The van der Waals surface area contributed by atoms with Gasteiger partial charge in [-0.3, -0.25) is 4.98 Å². The third-order valence-electron chi connectivity index (χ3n) is 5.67. The predicted octanol–water partition coefficient (Wildman–Crippen LogP) is 2.10. The number of nitrogens with one attached hydrogen (secondary N) is 1. The number of carbonyl (C=O) groups is 1. The monoisotopic (exact) mass is 346 g/mol. The van der Waals surface area contributed by atoms with Crippen LogP contribution in [0.3, 0.4) is 0 Å². The van der Waals surface area contributed by atoms with Gasteiger partial charge in [-0.25, -0.2) is 4.79 Å². The van der Waals surface area contributed by atoms with Crippen LogP contribution >= 0.6 is 0 Å². The number of hydrogen-bond acceptors (Lipinski definition) is 4. The molecule has 0 aliphatic carbocycles. The smallest absolute Gasteiger partial charge is 0.317 e. The average molecular weight is 346 g/mol. The molecule has 2 amide bonds. The molecule has 2 atom stereocenters. The van der Waals surface area contributed by atoms with Gasteiger partial charge in [0, 0.05) is 56.7 Å². The van der Waals surface area contributed by atoms with Crippen molar-refractivity contribution in [1.82, 2.24) is 15.2 Å². The third kappa shape index (κ3) is 4.84. The van der Waals surface area contributed by atoms with Crippen molar-refractivity contribution in [2.75, 3.05) is 37.6 Å². The van der Waals surface area contributed by atoms with Crippen LogP contribution in [0, 0.1) is 11.8 Å². The number of carbonyl (C=O) groups excluding carboxylic acids is 1. The van der Waals surface area contributed by atoms with Gasteiger partial charge in [-0.15, -0.1) is 0 Å². The van der Waals surface area contributed by atoms with E-state index in [1.165, 1.54) is 18.5 Å². The van der Waals surface area contributed by atoms with E-state index in [1.54, 1.807) is 0 Å². The van der Waals surface area contributed by atoms with E-state index in [4.69, 9.17) is 0 Å². The molecule has 2 aliphatic heterocycles. The van der Waals surface area contributed by atoms with Crippen LogP contribution in [-0.4, -0.2) is 59.8 Å². The number of hydrogen-bond donors (Lipinski definition) is 2. The lowest BCUT2D eigenvalue weighted by Crippen LogP contribution is -2.40. The molecule has 2 N–H and O–H groups in total. The Hall–Kier alpha value is -1.82. The maximum atomic E-state index is 12.2. The van der Waals surface area contributed by atoms with Crippen molar-refractivity contribution in [3.05, 3.63) is 24.5 Å². The second kappa shape index (κ2) is 8.52. The van der Waals surface area contributed by atoms with E-state index in [-0.39, 0.29) is 18.1 Å². The van der Waals surface area contributed by atoms with E-state index in [0.717, 1.165) is 39.0 Å². The minimum atomic E-state index is -0.330. The summed E-state index contributed by atoms with van der Waals surface area (Å²) in [7, 11) is 0. The minimum Gasteiger partial charge on any atom is -0.393 e. The number of aliphatic hydroxyl groups excluding tert-OH is 1. The van der Waals surface area contributed by atoms with Crippen molar-refractivity contribution in [2.24, 2.45) is 11.8 Å². The first-order valence-corrected chi connectivity index (χ1v) is 9.49. The first-order chi connectivity index (χ1) is 12.1. The van der Waals surface area contributed by atoms with E-state index in [0.29, 0.717) is 12.5 Å². The van der Waals surface area contributed by atoms with Crippen LogP contribution in [0.15, 0.2) is 24.5 Å². The summed E-state index contributed by atoms with van der Waals surface area (Å²) in [6.07, 6.45) is 7.65. The molecule has 2 fully saturated rings. The second-order valence-electron chi connectivity index (χ2n) is 7.39. The lowest BCUT2D eigenvalue weighted by atomic mass is 9.93. The molecule has 2 saturated heterocycles. The Bertz CT molecular complexity index is 544. The number of aromatic nitrogens is 1. The lowest BCUT2D eigenvalue weighted by Gasteiger charge is -2.33. The number of anilines is 1. The minimum absolute atomic E-state index is 0.0253. The third-order valence-corrected chi connectivity index (χ3v) is 5.67. The van der Waals surface area contributed by atoms with Gasteiger partial charge in [-0.1, -0.05) is 0 Å². The lowest BCUT2D eigenvalue weighted by molar-refractivity contribution is 0.129. The standard InChI is InChI=1S/C19H30N4O2/c1-15(24)17-7-13-23(14-17)19(25)21-10-2-16-5-11-22(12-6-16)18-3-8-20-9-4-18/h3-4,8-9,15-17,24H,2,5-7,10-14H2,1H3,(H,21,25). The molecule has 6 nitrogen and oxygen atoms in total. The highest BCUT2D eigenvalue weighted by Crippen LogP contribution is 2.24. The Kier molecular flexibility index (Phi) is 6.13. The van der Waals surface area contributed by atoms with Crippen molar-refractivity contribution < 1.29 is 9.90 Å². The number of likely N-dealkylation sites (tertiary alicyclic amines) is 1. The summed E-state index contributed by atoms with van der Waals surface area (Å²) < 4.78 is 0. The Labute approximate surface area is 150 Å².